The van der Waals surface area contributed by atoms with Gasteiger partial charge in [-0.15, -0.1) is 0 Å². The molecule has 0 fully saturated rings. The highest BCUT2D eigenvalue weighted by molar-refractivity contribution is 6.31. The van der Waals surface area contributed by atoms with Gasteiger partial charge in [0, 0.05) is 29.7 Å². The van der Waals surface area contributed by atoms with Crippen molar-refractivity contribution < 1.29 is 27.8 Å². The van der Waals surface area contributed by atoms with Gasteiger partial charge in [0.2, 0.25) is 0 Å². The lowest BCUT2D eigenvalue weighted by atomic mass is 9.99. The second-order valence-electron chi connectivity index (χ2n) is 9.38. The van der Waals surface area contributed by atoms with E-state index in [-0.39, 0.29) is 17.2 Å². The molecule has 0 radical (unpaired) electrons. The predicted octanol–water partition coefficient (Wildman–Crippen LogP) is 4.69. The summed E-state index contributed by atoms with van der Waals surface area (Å²) < 4.78 is 59.0. The van der Waals surface area contributed by atoms with Gasteiger partial charge >= 0.3 is 5.92 Å². The van der Waals surface area contributed by atoms with Crippen LogP contribution in [0.3, 0.4) is 0 Å². The molecule has 4 aromatic heterocycles. The summed E-state index contributed by atoms with van der Waals surface area (Å²) in [5.74, 6) is -6.73. The van der Waals surface area contributed by atoms with Gasteiger partial charge in [-0.2, -0.15) is 8.78 Å². The first-order chi connectivity index (χ1) is 18.1. The molecule has 4 rings (SSSR count). The second kappa shape index (κ2) is 10.1. The number of hydrogen-bond donors (Lipinski definition) is 2. The molecular formula is C26H22ClF4N5O3. The summed E-state index contributed by atoms with van der Waals surface area (Å²) in [7, 11) is 0. The number of alkyl halides is 2. The maximum atomic E-state index is 15.3. The third-order valence-electron chi connectivity index (χ3n) is 5.91. The molecular weight excluding hydrogens is 542 g/mol. The summed E-state index contributed by atoms with van der Waals surface area (Å²) in [6.45, 7) is 6.04. The molecule has 2 N–H and O–H groups in total. The molecule has 0 aliphatic carbocycles. The molecule has 0 saturated carbocycles. The minimum Gasteiger partial charge on any atom is -0.382 e. The van der Waals surface area contributed by atoms with Crippen molar-refractivity contribution >= 4 is 11.6 Å². The normalized spacial score (nSPS) is 13.0. The Morgan fingerprint density at radius 2 is 1.72 bits per heavy atom. The van der Waals surface area contributed by atoms with Gasteiger partial charge in [0.25, 0.3) is 5.56 Å². The van der Waals surface area contributed by atoms with E-state index in [1.165, 1.54) is 39.2 Å². The molecule has 8 nitrogen and oxygen atoms in total. The monoisotopic (exact) mass is 563 g/mol. The lowest BCUT2D eigenvalue weighted by Crippen LogP contribution is -2.31. The minimum atomic E-state index is -4.27. The van der Waals surface area contributed by atoms with Gasteiger partial charge in [0.15, 0.2) is 17.7 Å². The predicted molar refractivity (Wildman–Crippen MR) is 134 cm³/mol. The van der Waals surface area contributed by atoms with Gasteiger partial charge in [-0.25, -0.2) is 18.7 Å². The van der Waals surface area contributed by atoms with E-state index in [1.807, 2.05) is 0 Å². The third kappa shape index (κ3) is 5.27. The number of aliphatic hydroxyl groups is 2. The smallest absolute Gasteiger partial charge is 0.305 e. The summed E-state index contributed by atoms with van der Waals surface area (Å²) >= 11 is 6.12. The van der Waals surface area contributed by atoms with Crippen LogP contribution < -0.4 is 5.56 Å². The van der Waals surface area contributed by atoms with Crippen molar-refractivity contribution in [2.75, 3.05) is 0 Å². The lowest BCUT2D eigenvalue weighted by molar-refractivity contribution is -0.121. The van der Waals surface area contributed by atoms with Gasteiger partial charge in [-0.05, 0) is 51.5 Å². The lowest BCUT2D eigenvalue weighted by Gasteiger charge is -2.25. The molecule has 204 valence electrons. The van der Waals surface area contributed by atoms with Gasteiger partial charge < -0.3 is 10.2 Å². The van der Waals surface area contributed by atoms with E-state index in [0.29, 0.717) is 29.2 Å². The van der Waals surface area contributed by atoms with E-state index in [0.717, 1.165) is 10.6 Å². The number of rotatable bonds is 6. The number of aromatic nitrogens is 5. The standard InChI is InChI=1S/C26H22ClF4N5O3/c1-12-10-33-18(17-5-6-32-24(35-17)25(3,4)39)9-19(12)36-13(2)7-15(20(27)23(36)38)26(30,31)22(37)21-16(29)8-14(28)11-34-21/h5-11,22,37,39H,1-4H3. The maximum Gasteiger partial charge on any atom is 0.305 e. The molecule has 0 amide bonds. The average Bonchev–Trinajstić information content (AvgIpc) is 2.86. The first-order valence-electron chi connectivity index (χ1n) is 11.5. The molecule has 13 heteroatoms. The molecule has 0 spiro atoms. The zero-order chi connectivity index (χ0) is 28.9. The maximum absolute atomic E-state index is 15.3. The molecule has 0 bridgehead atoms. The van der Waals surface area contributed by atoms with E-state index in [9.17, 15) is 23.8 Å². The number of halogens is 5. The van der Waals surface area contributed by atoms with Crippen LogP contribution in [-0.4, -0.2) is 34.7 Å². The number of aliphatic hydroxyl groups excluding tert-OH is 1. The zero-order valence-electron chi connectivity index (χ0n) is 21.0. The Labute approximate surface area is 224 Å². The fourth-order valence-corrected chi connectivity index (χ4v) is 4.15. The summed E-state index contributed by atoms with van der Waals surface area (Å²) in [6, 6.07) is 4.25. The Hall–Kier alpha value is -3.74. The van der Waals surface area contributed by atoms with E-state index >= 15 is 8.78 Å². The zero-order valence-corrected chi connectivity index (χ0v) is 21.8. The van der Waals surface area contributed by atoms with Crippen molar-refractivity contribution in [3.8, 4) is 17.1 Å². The third-order valence-corrected chi connectivity index (χ3v) is 6.28. The molecule has 0 aliphatic heterocycles. The van der Waals surface area contributed by atoms with Gasteiger partial charge in [0.1, 0.15) is 22.1 Å². The molecule has 1 unspecified atom stereocenters. The van der Waals surface area contributed by atoms with Crippen LogP contribution in [0.4, 0.5) is 17.6 Å². The van der Waals surface area contributed by atoms with Crippen molar-refractivity contribution in [3.63, 3.8) is 0 Å². The largest absolute Gasteiger partial charge is 0.382 e. The number of nitrogens with zero attached hydrogens (tertiary/aromatic N) is 5. The van der Waals surface area contributed by atoms with Crippen LogP contribution in [0.1, 0.15) is 48.3 Å². The number of aryl methyl sites for hydroxylation is 2. The average molecular weight is 564 g/mol. The molecule has 0 saturated heterocycles. The Balaban J connectivity index is 1.83. The summed E-state index contributed by atoms with van der Waals surface area (Å²) in [6.07, 6.45) is 0.508. The van der Waals surface area contributed by atoms with Crippen LogP contribution in [0, 0.1) is 25.5 Å². The van der Waals surface area contributed by atoms with E-state index < -0.39 is 51.1 Å². The Bertz CT molecular complexity index is 1640. The first kappa shape index (κ1) is 28.3. The second-order valence-corrected chi connectivity index (χ2v) is 9.76. The summed E-state index contributed by atoms with van der Waals surface area (Å²) in [5, 5.41) is 19.6. The number of pyridine rings is 3. The van der Waals surface area contributed by atoms with E-state index in [2.05, 4.69) is 19.9 Å². The van der Waals surface area contributed by atoms with Crippen molar-refractivity contribution in [3.05, 3.63) is 98.2 Å². The molecule has 1 atom stereocenters. The van der Waals surface area contributed by atoms with E-state index in [1.54, 1.807) is 13.0 Å². The molecule has 4 heterocycles. The number of hydrogen-bond acceptors (Lipinski definition) is 7. The fraction of sp³-hybridized carbons (Fsp3) is 0.269. The van der Waals surface area contributed by atoms with E-state index in [4.69, 9.17) is 11.6 Å². The molecule has 4 aromatic rings. The van der Waals surface area contributed by atoms with Gasteiger partial charge in [-0.3, -0.25) is 19.3 Å². The van der Waals surface area contributed by atoms with Crippen molar-refractivity contribution in [1.29, 1.82) is 0 Å². The fourth-order valence-electron chi connectivity index (χ4n) is 3.89. The Morgan fingerprint density at radius 1 is 1.03 bits per heavy atom. The van der Waals surface area contributed by atoms with Crippen LogP contribution >= 0.6 is 11.6 Å². The van der Waals surface area contributed by atoms with Crippen LogP contribution in [0.15, 0.2) is 47.7 Å². The van der Waals surface area contributed by atoms with Crippen LogP contribution in [0.2, 0.25) is 5.02 Å². The molecule has 0 aliphatic rings. The van der Waals surface area contributed by atoms with Crippen LogP contribution in [-0.2, 0) is 11.5 Å². The Morgan fingerprint density at radius 3 is 2.36 bits per heavy atom. The Kier molecular flexibility index (Phi) is 7.32. The highest BCUT2D eigenvalue weighted by Crippen LogP contribution is 2.43. The van der Waals surface area contributed by atoms with Crippen molar-refractivity contribution in [2.24, 2.45) is 0 Å². The molecule has 0 aromatic carbocycles. The van der Waals surface area contributed by atoms with Crippen LogP contribution in [0.25, 0.3) is 17.1 Å². The summed E-state index contributed by atoms with van der Waals surface area (Å²) in [4.78, 5) is 29.3. The van der Waals surface area contributed by atoms with Crippen molar-refractivity contribution in [2.45, 2.75) is 45.3 Å². The van der Waals surface area contributed by atoms with Gasteiger partial charge in [0.05, 0.1) is 23.3 Å². The quantitative estimate of drug-likeness (QED) is 0.327. The minimum absolute atomic E-state index is 0.0129. The topological polar surface area (TPSA) is 114 Å². The highest BCUT2D eigenvalue weighted by atomic mass is 35.5. The van der Waals surface area contributed by atoms with Gasteiger partial charge in [-0.1, -0.05) is 11.6 Å². The first-order valence-corrected chi connectivity index (χ1v) is 11.8. The SMILES string of the molecule is Cc1cnc(-c2ccnc(C(C)(C)O)n2)cc1-n1c(C)cc(C(F)(F)C(O)c2ncc(F)cc2F)c(Cl)c1=O. The van der Waals surface area contributed by atoms with Crippen LogP contribution in [0.5, 0.6) is 0 Å². The summed E-state index contributed by atoms with van der Waals surface area (Å²) in [5.41, 5.74) is -3.13. The van der Waals surface area contributed by atoms with Crippen molar-refractivity contribution in [1.82, 2.24) is 24.5 Å². The molecule has 39 heavy (non-hydrogen) atoms. The highest BCUT2D eigenvalue weighted by Gasteiger charge is 2.46.